The molecule has 1 rings (SSSR count). The molecule has 0 bridgehead atoms. The molecule has 3 nitrogen and oxygen atoms in total. The zero-order valence-electron chi connectivity index (χ0n) is 7.22. The van der Waals surface area contributed by atoms with Gasteiger partial charge in [-0.05, 0) is 15.9 Å². The predicted octanol–water partition coefficient (Wildman–Crippen LogP) is 0.578. The van der Waals surface area contributed by atoms with Gasteiger partial charge in [-0.3, -0.25) is 4.68 Å². The summed E-state index contributed by atoms with van der Waals surface area (Å²) in [4.78, 5) is 0. The lowest BCUT2D eigenvalue weighted by Gasteiger charge is -1.74. The van der Waals surface area contributed by atoms with E-state index >= 15 is 0 Å². The van der Waals surface area contributed by atoms with Crippen molar-refractivity contribution in [1.82, 2.24) is 15.0 Å². The molecule has 0 aliphatic carbocycles. The second-order valence-electron chi connectivity index (χ2n) is 0.904. The van der Waals surface area contributed by atoms with E-state index in [2.05, 4.69) is 26.2 Å². The molecule has 0 fully saturated rings. The molecule has 0 aliphatic heterocycles. The van der Waals surface area contributed by atoms with Crippen LogP contribution < -0.4 is 0 Å². The highest BCUT2D eigenvalue weighted by molar-refractivity contribution is 9.10. The zero-order chi connectivity index (χ0) is 8.65. The smallest absolute Gasteiger partial charge is 0.148 e. The minimum atomic E-state index is -2.42. The minimum Gasteiger partial charge on any atom is -0.254 e. The molecule has 38 valence electrons. The number of aromatic nitrogens is 3. The van der Waals surface area contributed by atoms with E-state index in [4.69, 9.17) is 5.48 Å². The van der Waals surface area contributed by atoms with Crippen molar-refractivity contribution in [1.29, 1.82) is 0 Å². The molecule has 0 spiro atoms. The molecule has 0 radical (unpaired) electrons. The van der Waals surface area contributed by atoms with Crippen molar-refractivity contribution in [3.05, 3.63) is 10.8 Å². The normalized spacial score (nSPS) is 19.6. The van der Waals surface area contributed by atoms with Crippen molar-refractivity contribution in [2.24, 2.45) is 6.98 Å². The Kier molecular flexibility index (Phi) is 0.428. The largest absolute Gasteiger partial charge is 0.254 e. The topological polar surface area (TPSA) is 30.7 Å². The fraction of sp³-hybridized carbons (Fsp3) is 0.333. The van der Waals surface area contributed by atoms with Gasteiger partial charge >= 0.3 is 0 Å². The number of halogens is 1. The Hall–Kier alpha value is -0.380. The lowest BCUT2D eigenvalue weighted by molar-refractivity contribution is 0.714. The van der Waals surface area contributed by atoms with E-state index in [0.29, 0.717) is 4.68 Å². The predicted molar refractivity (Wildman–Crippen MR) is 28.7 cm³/mol. The van der Waals surface area contributed by atoms with Crippen LogP contribution in [0, 0.1) is 0 Å². The van der Waals surface area contributed by atoms with Gasteiger partial charge < -0.3 is 0 Å². The Morgan fingerprint density at radius 3 is 3.43 bits per heavy atom. The van der Waals surface area contributed by atoms with Gasteiger partial charge in [0.25, 0.3) is 0 Å². The van der Waals surface area contributed by atoms with Crippen LogP contribution in [-0.4, -0.2) is 15.0 Å². The number of hydrogen-bond acceptors (Lipinski definition) is 2. The lowest BCUT2D eigenvalue weighted by atomic mass is 10.9. The maximum absolute atomic E-state index is 7.16. The Labute approximate surface area is 55.1 Å². The van der Waals surface area contributed by atoms with Crippen LogP contribution in [-0.2, 0) is 6.98 Å². The van der Waals surface area contributed by atoms with Gasteiger partial charge in [-0.2, -0.15) is 0 Å². The van der Waals surface area contributed by atoms with Gasteiger partial charge in [0.1, 0.15) is 4.60 Å². The van der Waals surface area contributed by atoms with Crippen LogP contribution in [0.4, 0.5) is 0 Å². The van der Waals surface area contributed by atoms with Crippen LogP contribution in [0.2, 0.25) is 0 Å². The molecular formula is C3H4BrN3. The van der Waals surface area contributed by atoms with Gasteiger partial charge in [-0.1, -0.05) is 5.21 Å². The summed E-state index contributed by atoms with van der Waals surface area (Å²) < 4.78 is 28.5. The standard InChI is InChI=1S/C3H4BrN3/c1-7-2-3(4)5-6-7/h2H,1H3/i1D3,2D. The molecule has 4 heteroatoms. The van der Waals surface area contributed by atoms with Crippen molar-refractivity contribution in [3.63, 3.8) is 0 Å². The molecule has 0 unspecified atom stereocenters. The number of hydrogen-bond donors (Lipinski definition) is 0. The van der Waals surface area contributed by atoms with Crippen molar-refractivity contribution >= 4 is 15.9 Å². The zero-order valence-corrected chi connectivity index (χ0v) is 4.81. The van der Waals surface area contributed by atoms with Gasteiger partial charge in [-0.15, -0.1) is 5.10 Å². The fourth-order valence-electron chi connectivity index (χ4n) is 0.216. The van der Waals surface area contributed by atoms with Gasteiger partial charge in [0.15, 0.2) is 0 Å². The third-order valence-electron chi connectivity index (χ3n) is 0.420. The average Bonchev–Trinajstić information content (AvgIpc) is 2.11. The summed E-state index contributed by atoms with van der Waals surface area (Å²) in [5.41, 5.74) is 0. The Balaban J connectivity index is 3.15. The fourth-order valence-corrected chi connectivity index (χ4v) is 0.455. The third kappa shape index (κ3) is 0.991. The molecule has 0 N–H and O–H groups in total. The second kappa shape index (κ2) is 1.61. The molecule has 1 aromatic rings. The monoisotopic (exact) mass is 165 g/mol. The highest BCUT2D eigenvalue weighted by Crippen LogP contribution is 1.98. The van der Waals surface area contributed by atoms with Gasteiger partial charge in [0.2, 0.25) is 0 Å². The van der Waals surface area contributed by atoms with Crippen LogP contribution in [0.15, 0.2) is 10.8 Å². The molecule has 0 aromatic carbocycles. The molecule has 0 aliphatic rings. The summed E-state index contributed by atoms with van der Waals surface area (Å²) in [5, 5.41) is 6.62. The summed E-state index contributed by atoms with van der Waals surface area (Å²) in [6.45, 7) is -2.42. The van der Waals surface area contributed by atoms with Crippen molar-refractivity contribution in [2.75, 3.05) is 0 Å². The van der Waals surface area contributed by atoms with Crippen molar-refractivity contribution in [2.45, 2.75) is 0 Å². The molecule has 7 heavy (non-hydrogen) atoms. The molecular weight excluding hydrogens is 158 g/mol. The van der Waals surface area contributed by atoms with E-state index in [1.807, 2.05) is 0 Å². The Bertz CT molecular complexity index is 266. The van der Waals surface area contributed by atoms with Crippen LogP contribution in [0.5, 0.6) is 0 Å². The second-order valence-corrected chi connectivity index (χ2v) is 1.65. The Morgan fingerprint density at radius 1 is 2.29 bits per heavy atom. The summed E-state index contributed by atoms with van der Waals surface area (Å²) >= 11 is 2.88. The summed E-state index contributed by atoms with van der Waals surface area (Å²) in [5.74, 6) is 0. The van der Waals surface area contributed by atoms with E-state index in [0.717, 1.165) is 0 Å². The van der Waals surface area contributed by atoms with Crippen LogP contribution in [0.1, 0.15) is 5.48 Å². The maximum atomic E-state index is 7.16. The third-order valence-corrected chi connectivity index (χ3v) is 0.756. The Morgan fingerprint density at radius 2 is 3.14 bits per heavy atom. The first-order valence-electron chi connectivity index (χ1n) is 3.51. The van der Waals surface area contributed by atoms with Gasteiger partial charge in [0.05, 0.1) is 7.54 Å². The summed E-state index contributed by atoms with van der Waals surface area (Å²) in [7, 11) is 0. The molecule has 0 atom stereocenters. The molecule has 1 aromatic heterocycles. The van der Waals surface area contributed by atoms with E-state index in [9.17, 15) is 0 Å². The lowest BCUT2D eigenvalue weighted by Crippen LogP contribution is -1.85. The summed E-state index contributed by atoms with van der Waals surface area (Å²) in [6, 6.07) is 0. The van der Waals surface area contributed by atoms with Crippen molar-refractivity contribution < 1.29 is 5.48 Å². The first kappa shape index (κ1) is 1.85. The maximum Gasteiger partial charge on any atom is 0.148 e. The van der Waals surface area contributed by atoms with E-state index in [1.54, 1.807) is 0 Å². The minimum absolute atomic E-state index is 0.133. The molecule has 0 saturated heterocycles. The van der Waals surface area contributed by atoms with Crippen molar-refractivity contribution in [3.8, 4) is 0 Å². The number of rotatable bonds is 0. The van der Waals surface area contributed by atoms with Crippen LogP contribution >= 0.6 is 15.9 Å². The quantitative estimate of drug-likeness (QED) is 0.564. The molecule has 1 heterocycles. The van der Waals surface area contributed by atoms with Crippen LogP contribution in [0.25, 0.3) is 0 Å². The SMILES string of the molecule is [2H]c1c(Br)nnn1C([2H])([2H])[2H]. The van der Waals surface area contributed by atoms with E-state index < -0.39 is 6.98 Å². The highest BCUT2D eigenvalue weighted by atomic mass is 79.9. The van der Waals surface area contributed by atoms with Crippen LogP contribution in [0.3, 0.4) is 0 Å². The molecule has 0 saturated carbocycles. The first-order valence-corrected chi connectivity index (χ1v) is 2.30. The van der Waals surface area contributed by atoms with Gasteiger partial charge in [-0.25, -0.2) is 0 Å². The van der Waals surface area contributed by atoms with E-state index in [-0.39, 0.29) is 10.8 Å². The highest BCUT2D eigenvalue weighted by Gasteiger charge is 1.86. The number of aryl methyl sites for hydroxylation is 1. The summed E-state index contributed by atoms with van der Waals surface area (Å²) in [6.07, 6.45) is -0.245. The first-order chi connectivity index (χ1) is 4.93. The molecule has 0 amide bonds. The van der Waals surface area contributed by atoms with Gasteiger partial charge in [0, 0.05) is 11.1 Å². The average molecular weight is 166 g/mol. The van der Waals surface area contributed by atoms with E-state index in [1.165, 1.54) is 0 Å². The number of nitrogens with zero attached hydrogens (tertiary/aromatic N) is 3.